The summed E-state index contributed by atoms with van der Waals surface area (Å²) in [6.45, 7) is 0.201. The lowest BCUT2D eigenvalue weighted by Gasteiger charge is -2.12. The van der Waals surface area contributed by atoms with E-state index < -0.39 is 16.1 Å². The topological polar surface area (TPSA) is 71.3 Å². The number of rotatable bonds is 6. The molecule has 0 bridgehead atoms. The molecule has 2 aromatic heterocycles. The minimum absolute atomic E-state index is 0.201. The normalized spacial score (nSPS) is 13.6. The van der Waals surface area contributed by atoms with Gasteiger partial charge in [-0.15, -0.1) is 11.3 Å². The Morgan fingerprint density at radius 2 is 2.21 bits per heavy atom. The Balaban J connectivity index is 1.89. The summed E-state index contributed by atoms with van der Waals surface area (Å²) in [5.74, 6) is 0. The summed E-state index contributed by atoms with van der Waals surface area (Å²) in [5, 5.41) is 11.7. The largest absolute Gasteiger partial charge is 0.387 e. The molecule has 0 amide bonds. The summed E-state index contributed by atoms with van der Waals surface area (Å²) < 4.78 is 28.3. The van der Waals surface area contributed by atoms with E-state index in [-0.39, 0.29) is 6.54 Å². The molecule has 2 aromatic rings. The van der Waals surface area contributed by atoms with Crippen molar-refractivity contribution in [2.45, 2.75) is 16.7 Å². The van der Waals surface area contributed by atoms with Gasteiger partial charge >= 0.3 is 0 Å². The van der Waals surface area contributed by atoms with Crippen LogP contribution in [0.3, 0.4) is 0 Å². The fourth-order valence-corrected chi connectivity index (χ4v) is 3.87. The molecule has 2 heterocycles. The van der Waals surface area contributed by atoms with Gasteiger partial charge in [0.05, 0.1) is 6.10 Å². The van der Waals surface area contributed by atoms with Crippen LogP contribution in [0.25, 0.3) is 0 Å². The highest BCUT2D eigenvalue weighted by Crippen LogP contribution is 2.18. The van der Waals surface area contributed by atoms with Gasteiger partial charge in [-0.2, -0.15) is 0 Å². The third-order valence-electron chi connectivity index (χ3n) is 2.80. The maximum atomic E-state index is 11.8. The first-order valence-electron chi connectivity index (χ1n) is 5.83. The Hall–Kier alpha value is -1.15. The van der Waals surface area contributed by atoms with E-state index in [1.807, 2.05) is 29.9 Å². The van der Waals surface area contributed by atoms with Crippen molar-refractivity contribution >= 4 is 21.4 Å². The molecule has 0 aromatic carbocycles. The van der Waals surface area contributed by atoms with Crippen LogP contribution in [-0.4, -0.2) is 24.6 Å². The van der Waals surface area contributed by atoms with Crippen LogP contribution in [0.15, 0.2) is 40.1 Å². The number of thiophene rings is 1. The number of aromatic nitrogens is 1. The minimum atomic E-state index is -3.44. The lowest BCUT2D eigenvalue weighted by Crippen LogP contribution is -2.25. The van der Waals surface area contributed by atoms with E-state index in [2.05, 4.69) is 4.72 Å². The molecule has 0 aliphatic rings. The molecule has 2 N–H and O–H groups in total. The van der Waals surface area contributed by atoms with Gasteiger partial charge < -0.3 is 9.67 Å². The van der Waals surface area contributed by atoms with E-state index in [0.717, 1.165) is 5.69 Å². The Kier molecular flexibility index (Phi) is 4.41. The number of sulfonamides is 1. The molecule has 0 saturated heterocycles. The van der Waals surface area contributed by atoms with E-state index >= 15 is 0 Å². The standard InChI is InChI=1S/C12H16N2O3S2/c1-14-8-2-4-10(14)11(15)6-7-13-19(16,17)12-5-3-9-18-12/h2-5,8-9,11,13,15H,6-7H2,1H3. The maximum Gasteiger partial charge on any atom is 0.250 e. The number of nitrogens with one attached hydrogen (secondary N) is 1. The summed E-state index contributed by atoms with van der Waals surface area (Å²) in [5.41, 5.74) is 0.773. The molecule has 19 heavy (non-hydrogen) atoms. The average Bonchev–Trinajstić information content (AvgIpc) is 2.98. The molecule has 0 fully saturated rings. The molecular formula is C12H16N2O3S2. The van der Waals surface area contributed by atoms with Crippen LogP contribution in [0.5, 0.6) is 0 Å². The molecule has 0 radical (unpaired) electrons. The predicted octanol–water partition coefficient (Wildman–Crippen LogP) is 1.49. The number of nitrogens with zero attached hydrogens (tertiary/aromatic N) is 1. The fourth-order valence-electron chi connectivity index (χ4n) is 1.79. The van der Waals surface area contributed by atoms with Crippen molar-refractivity contribution in [1.29, 1.82) is 0 Å². The Labute approximate surface area is 116 Å². The first kappa shape index (κ1) is 14.3. The highest BCUT2D eigenvalue weighted by Gasteiger charge is 2.16. The minimum Gasteiger partial charge on any atom is -0.387 e. The van der Waals surface area contributed by atoms with E-state index in [1.165, 1.54) is 11.3 Å². The van der Waals surface area contributed by atoms with Gasteiger partial charge in [-0.05, 0) is 30.0 Å². The average molecular weight is 300 g/mol. The number of hydrogen-bond acceptors (Lipinski definition) is 4. The van der Waals surface area contributed by atoms with Crippen LogP contribution >= 0.6 is 11.3 Å². The molecule has 5 nitrogen and oxygen atoms in total. The zero-order valence-electron chi connectivity index (χ0n) is 10.5. The maximum absolute atomic E-state index is 11.8. The summed E-state index contributed by atoms with van der Waals surface area (Å²) >= 11 is 1.17. The second-order valence-electron chi connectivity index (χ2n) is 4.18. The van der Waals surface area contributed by atoms with Gasteiger partial charge in [0, 0.05) is 25.5 Å². The van der Waals surface area contributed by atoms with Crippen LogP contribution in [0, 0.1) is 0 Å². The quantitative estimate of drug-likeness (QED) is 0.849. The molecule has 0 aliphatic carbocycles. The van der Waals surface area contributed by atoms with Gasteiger partial charge in [-0.25, -0.2) is 13.1 Å². The smallest absolute Gasteiger partial charge is 0.250 e. The fraction of sp³-hybridized carbons (Fsp3) is 0.333. The zero-order chi connectivity index (χ0) is 13.9. The van der Waals surface area contributed by atoms with Gasteiger partial charge in [0.2, 0.25) is 10.0 Å². The molecule has 2 rings (SSSR count). The third-order valence-corrected chi connectivity index (χ3v) is 5.65. The molecule has 0 aliphatic heterocycles. The summed E-state index contributed by atoms with van der Waals surface area (Å²) in [4.78, 5) is 0. The summed E-state index contributed by atoms with van der Waals surface area (Å²) in [7, 11) is -1.60. The van der Waals surface area contributed by atoms with Gasteiger partial charge in [-0.3, -0.25) is 0 Å². The molecular weight excluding hydrogens is 284 g/mol. The van der Waals surface area contributed by atoms with Crippen molar-refractivity contribution in [3.8, 4) is 0 Å². The number of aliphatic hydroxyl groups excluding tert-OH is 1. The summed E-state index contributed by atoms with van der Waals surface area (Å²) in [6, 6.07) is 6.91. The van der Waals surface area contributed by atoms with Crippen molar-refractivity contribution in [3.05, 3.63) is 41.5 Å². The molecule has 1 unspecified atom stereocenters. The van der Waals surface area contributed by atoms with Gasteiger partial charge in [0.1, 0.15) is 4.21 Å². The van der Waals surface area contributed by atoms with E-state index in [4.69, 9.17) is 0 Å². The van der Waals surface area contributed by atoms with E-state index in [1.54, 1.807) is 17.5 Å². The van der Waals surface area contributed by atoms with Crippen molar-refractivity contribution < 1.29 is 13.5 Å². The Morgan fingerprint density at radius 3 is 2.79 bits per heavy atom. The van der Waals surface area contributed by atoms with Gasteiger partial charge in [0.25, 0.3) is 0 Å². The molecule has 1 atom stereocenters. The lowest BCUT2D eigenvalue weighted by molar-refractivity contribution is 0.161. The number of aliphatic hydroxyl groups is 1. The zero-order valence-corrected chi connectivity index (χ0v) is 12.1. The summed E-state index contributed by atoms with van der Waals surface area (Å²) in [6.07, 6.45) is 1.50. The van der Waals surface area contributed by atoms with Crippen LogP contribution in [0.2, 0.25) is 0 Å². The second-order valence-corrected chi connectivity index (χ2v) is 7.12. The van der Waals surface area contributed by atoms with Crippen LogP contribution in [0.4, 0.5) is 0 Å². The number of hydrogen-bond donors (Lipinski definition) is 2. The highest BCUT2D eigenvalue weighted by molar-refractivity contribution is 7.91. The second kappa shape index (κ2) is 5.87. The van der Waals surface area contributed by atoms with Crippen LogP contribution < -0.4 is 4.72 Å². The molecule has 7 heteroatoms. The monoisotopic (exact) mass is 300 g/mol. The lowest BCUT2D eigenvalue weighted by atomic mass is 10.2. The first-order valence-corrected chi connectivity index (χ1v) is 8.19. The SMILES string of the molecule is Cn1cccc1C(O)CCNS(=O)(=O)c1cccs1. The Morgan fingerprint density at radius 1 is 1.42 bits per heavy atom. The van der Waals surface area contributed by atoms with Crippen molar-refractivity contribution in [1.82, 2.24) is 9.29 Å². The van der Waals surface area contributed by atoms with Crippen molar-refractivity contribution in [3.63, 3.8) is 0 Å². The predicted molar refractivity (Wildman–Crippen MR) is 74.5 cm³/mol. The first-order chi connectivity index (χ1) is 9.00. The molecule has 0 saturated carbocycles. The molecule has 104 valence electrons. The third kappa shape index (κ3) is 3.44. The molecule has 0 spiro atoms. The van der Waals surface area contributed by atoms with Crippen LogP contribution in [0.1, 0.15) is 18.2 Å². The van der Waals surface area contributed by atoms with E-state index in [0.29, 0.717) is 10.6 Å². The highest BCUT2D eigenvalue weighted by atomic mass is 32.2. The van der Waals surface area contributed by atoms with Gasteiger partial charge in [-0.1, -0.05) is 6.07 Å². The number of aryl methyl sites for hydroxylation is 1. The van der Waals surface area contributed by atoms with E-state index in [9.17, 15) is 13.5 Å². The Bertz CT molecular complexity index is 617. The van der Waals surface area contributed by atoms with Crippen molar-refractivity contribution in [2.24, 2.45) is 7.05 Å². The van der Waals surface area contributed by atoms with Crippen molar-refractivity contribution in [2.75, 3.05) is 6.54 Å². The van der Waals surface area contributed by atoms with Crippen LogP contribution in [-0.2, 0) is 17.1 Å². The van der Waals surface area contributed by atoms with Gasteiger partial charge in [0.15, 0.2) is 0 Å².